The summed E-state index contributed by atoms with van der Waals surface area (Å²) in [4.78, 5) is 8.08. The Balaban J connectivity index is 2.12. The van der Waals surface area contributed by atoms with Crippen LogP contribution in [0.25, 0.3) is 11.0 Å². The monoisotopic (exact) mass is 285 g/mol. The summed E-state index contributed by atoms with van der Waals surface area (Å²) in [6, 6.07) is 10.7. The summed E-state index contributed by atoms with van der Waals surface area (Å²) in [5, 5.41) is 10.1. The highest BCUT2D eigenvalue weighted by atomic mass is 35.5. The number of rotatable bonds is 2. The van der Waals surface area contributed by atoms with Crippen molar-refractivity contribution in [2.75, 3.05) is 0 Å². The van der Waals surface area contributed by atoms with Crippen molar-refractivity contribution >= 4 is 22.6 Å². The van der Waals surface area contributed by atoms with Gasteiger partial charge in [-0.3, -0.25) is 0 Å². The number of fused-ring (bicyclic) bond motifs is 1. The Morgan fingerprint density at radius 1 is 1.30 bits per heavy atom. The third-order valence-corrected chi connectivity index (χ3v) is 2.83. The Morgan fingerprint density at radius 2 is 2.10 bits per heavy atom. The molecule has 2 heterocycles. The molecule has 0 atom stereocenters. The van der Waals surface area contributed by atoms with E-state index in [0.717, 1.165) is 0 Å². The molecule has 6 heteroatoms. The number of hydrogen-bond acceptors (Lipinski definition) is 5. The maximum absolute atomic E-state index is 9.12. The van der Waals surface area contributed by atoms with Crippen molar-refractivity contribution in [3.8, 4) is 17.7 Å². The van der Waals surface area contributed by atoms with Crippen LogP contribution in [-0.4, -0.2) is 9.97 Å². The first kappa shape index (κ1) is 12.5. The molecule has 0 fully saturated rings. The van der Waals surface area contributed by atoms with Gasteiger partial charge in [0, 0.05) is 6.07 Å². The fraction of sp³-hybridized carbons (Fsp3) is 0.0714. The molecule has 0 unspecified atom stereocenters. The summed E-state index contributed by atoms with van der Waals surface area (Å²) in [6.45, 7) is 1.71. The van der Waals surface area contributed by atoms with E-state index in [2.05, 4.69) is 9.97 Å². The zero-order chi connectivity index (χ0) is 14.1. The molecule has 0 aliphatic rings. The third-order valence-electron chi connectivity index (χ3n) is 2.64. The largest absolute Gasteiger partial charge is 0.442 e. The molecule has 5 nitrogen and oxygen atoms in total. The molecule has 0 aliphatic heterocycles. The average Bonchev–Trinajstić information content (AvgIpc) is 2.76. The fourth-order valence-corrected chi connectivity index (χ4v) is 2.07. The van der Waals surface area contributed by atoms with Crippen LogP contribution in [0.1, 0.15) is 11.6 Å². The van der Waals surface area contributed by atoms with Crippen LogP contribution in [0.5, 0.6) is 11.6 Å². The lowest BCUT2D eigenvalue weighted by atomic mass is 10.2. The SMILES string of the molecule is Cc1nc(Cl)cc(Oc2c(C#N)oc3ccccc23)n1. The molecule has 3 aromatic rings. The van der Waals surface area contributed by atoms with Crippen molar-refractivity contribution < 1.29 is 9.15 Å². The van der Waals surface area contributed by atoms with Crippen LogP contribution in [0.2, 0.25) is 5.15 Å². The van der Waals surface area contributed by atoms with Gasteiger partial charge in [0.2, 0.25) is 11.6 Å². The summed E-state index contributed by atoms with van der Waals surface area (Å²) in [5.41, 5.74) is 0.580. The minimum atomic E-state index is 0.0959. The van der Waals surface area contributed by atoms with E-state index >= 15 is 0 Å². The number of para-hydroxylation sites is 1. The van der Waals surface area contributed by atoms with Gasteiger partial charge in [0.05, 0.1) is 5.39 Å². The molecule has 1 aromatic carbocycles. The number of aromatic nitrogens is 2. The van der Waals surface area contributed by atoms with Crippen molar-refractivity contribution in [3.05, 3.63) is 47.1 Å². The van der Waals surface area contributed by atoms with E-state index in [0.29, 0.717) is 22.5 Å². The van der Waals surface area contributed by atoms with Crippen molar-refractivity contribution in [3.63, 3.8) is 0 Å². The fourth-order valence-electron chi connectivity index (χ4n) is 1.86. The van der Waals surface area contributed by atoms with Gasteiger partial charge in [0.15, 0.2) is 5.75 Å². The summed E-state index contributed by atoms with van der Waals surface area (Å²) in [6.07, 6.45) is 0. The van der Waals surface area contributed by atoms with Crippen LogP contribution in [0.4, 0.5) is 0 Å². The summed E-state index contributed by atoms with van der Waals surface area (Å²) < 4.78 is 11.1. The molecular weight excluding hydrogens is 278 g/mol. The van der Waals surface area contributed by atoms with Gasteiger partial charge >= 0.3 is 0 Å². The number of aryl methyl sites for hydroxylation is 1. The first-order chi connectivity index (χ1) is 9.67. The topological polar surface area (TPSA) is 71.9 Å². The Kier molecular flexibility index (Phi) is 3.01. The lowest BCUT2D eigenvalue weighted by Crippen LogP contribution is -1.93. The van der Waals surface area contributed by atoms with Gasteiger partial charge in [-0.2, -0.15) is 10.2 Å². The predicted octanol–water partition coefficient (Wildman–Crippen LogP) is 3.85. The average molecular weight is 286 g/mol. The second-order valence-corrected chi connectivity index (χ2v) is 4.43. The molecule has 0 amide bonds. The lowest BCUT2D eigenvalue weighted by molar-refractivity contribution is 0.448. The van der Waals surface area contributed by atoms with E-state index in [1.165, 1.54) is 6.07 Å². The number of nitriles is 1. The highest BCUT2D eigenvalue weighted by Crippen LogP contribution is 2.35. The first-order valence-electron chi connectivity index (χ1n) is 5.78. The normalized spacial score (nSPS) is 10.4. The Hall–Kier alpha value is -2.58. The van der Waals surface area contributed by atoms with Crippen LogP contribution in [0, 0.1) is 18.3 Å². The number of benzene rings is 1. The van der Waals surface area contributed by atoms with Crippen molar-refractivity contribution in [2.24, 2.45) is 0 Å². The molecule has 98 valence electrons. The quantitative estimate of drug-likeness (QED) is 0.669. The number of halogens is 1. The van der Waals surface area contributed by atoms with E-state index in [4.69, 9.17) is 26.0 Å². The van der Waals surface area contributed by atoms with Crippen molar-refractivity contribution in [1.29, 1.82) is 5.26 Å². The van der Waals surface area contributed by atoms with E-state index in [9.17, 15) is 0 Å². The second kappa shape index (κ2) is 4.83. The molecule has 0 radical (unpaired) electrons. The second-order valence-electron chi connectivity index (χ2n) is 4.05. The summed E-state index contributed by atoms with van der Waals surface area (Å²) >= 11 is 5.86. The van der Waals surface area contributed by atoms with Gasteiger partial charge in [0.25, 0.3) is 0 Å². The Labute approximate surface area is 119 Å². The predicted molar refractivity (Wildman–Crippen MR) is 72.8 cm³/mol. The lowest BCUT2D eigenvalue weighted by Gasteiger charge is -2.04. The zero-order valence-corrected chi connectivity index (χ0v) is 11.2. The maximum atomic E-state index is 9.12. The minimum absolute atomic E-state index is 0.0959. The molecule has 3 rings (SSSR count). The van der Waals surface area contributed by atoms with Gasteiger partial charge in [-0.25, -0.2) is 4.98 Å². The van der Waals surface area contributed by atoms with Gasteiger partial charge in [-0.05, 0) is 19.1 Å². The van der Waals surface area contributed by atoms with E-state index in [-0.39, 0.29) is 16.8 Å². The van der Waals surface area contributed by atoms with Gasteiger partial charge in [-0.15, -0.1) is 0 Å². The Bertz CT molecular complexity index is 816. The van der Waals surface area contributed by atoms with E-state index in [1.54, 1.807) is 13.0 Å². The third kappa shape index (κ3) is 2.17. The highest BCUT2D eigenvalue weighted by Gasteiger charge is 2.16. The van der Waals surface area contributed by atoms with E-state index < -0.39 is 0 Å². The number of ether oxygens (including phenoxy) is 1. The molecule has 0 N–H and O–H groups in total. The Morgan fingerprint density at radius 3 is 2.85 bits per heavy atom. The summed E-state index contributed by atoms with van der Waals surface area (Å²) in [5.74, 6) is 1.18. The van der Waals surface area contributed by atoms with Crippen molar-refractivity contribution in [2.45, 2.75) is 6.92 Å². The number of hydrogen-bond donors (Lipinski definition) is 0. The highest BCUT2D eigenvalue weighted by molar-refractivity contribution is 6.29. The van der Waals surface area contributed by atoms with Crippen molar-refractivity contribution in [1.82, 2.24) is 9.97 Å². The molecule has 0 spiro atoms. The zero-order valence-electron chi connectivity index (χ0n) is 10.4. The number of nitrogens with zero attached hydrogens (tertiary/aromatic N) is 3. The molecule has 0 saturated heterocycles. The number of furan rings is 1. The molecule has 0 saturated carbocycles. The standard InChI is InChI=1S/C14H8ClN3O2/c1-8-17-12(15)6-13(18-8)20-14-9-4-2-3-5-10(9)19-11(14)7-16/h2-6H,1H3. The molecule has 2 aromatic heterocycles. The summed E-state index contributed by atoms with van der Waals surface area (Å²) in [7, 11) is 0. The van der Waals surface area contributed by atoms with Crippen LogP contribution in [0.3, 0.4) is 0 Å². The van der Waals surface area contributed by atoms with Crippen LogP contribution in [-0.2, 0) is 0 Å². The van der Waals surface area contributed by atoms with Gasteiger partial charge < -0.3 is 9.15 Å². The maximum Gasteiger partial charge on any atom is 0.247 e. The minimum Gasteiger partial charge on any atom is -0.442 e. The van der Waals surface area contributed by atoms with E-state index in [1.807, 2.05) is 24.3 Å². The molecule has 0 aliphatic carbocycles. The van der Waals surface area contributed by atoms with Crippen LogP contribution in [0.15, 0.2) is 34.7 Å². The van der Waals surface area contributed by atoms with Gasteiger partial charge in [0.1, 0.15) is 22.6 Å². The van der Waals surface area contributed by atoms with Gasteiger partial charge in [-0.1, -0.05) is 23.7 Å². The molecule has 0 bridgehead atoms. The van der Waals surface area contributed by atoms with Crippen LogP contribution >= 0.6 is 11.6 Å². The smallest absolute Gasteiger partial charge is 0.247 e. The first-order valence-corrected chi connectivity index (χ1v) is 6.16. The molecule has 20 heavy (non-hydrogen) atoms. The van der Waals surface area contributed by atoms with Crippen LogP contribution < -0.4 is 4.74 Å². The molecular formula is C14H8ClN3O2.